The fourth-order valence-corrected chi connectivity index (χ4v) is 4.69. The molecule has 2 aliphatic heterocycles. The molecule has 0 aliphatic carbocycles. The maximum Gasteiger partial charge on any atom is 0.275 e. The van der Waals surface area contributed by atoms with Crippen LogP contribution in [-0.2, 0) is 4.74 Å². The predicted molar refractivity (Wildman–Crippen MR) is 119 cm³/mol. The van der Waals surface area contributed by atoms with Crippen LogP contribution >= 0.6 is 0 Å². The molecule has 2 saturated heterocycles. The monoisotopic (exact) mass is 436 g/mol. The van der Waals surface area contributed by atoms with Gasteiger partial charge in [0.15, 0.2) is 0 Å². The maximum atomic E-state index is 13.9. The van der Waals surface area contributed by atoms with Crippen LogP contribution in [0.5, 0.6) is 0 Å². The summed E-state index contributed by atoms with van der Waals surface area (Å²) in [6, 6.07) is 6.13. The molecule has 166 valence electrons. The number of ether oxygens (including phenoxy) is 1. The number of halogens is 1. The van der Waals surface area contributed by atoms with E-state index in [1.807, 2.05) is 6.92 Å². The molecule has 0 saturated carbocycles. The molecule has 1 aromatic carbocycles. The molecule has 2 aliphatic rings. The number of carbonyl (C=O) groups is 1. The summed E-state index contributed by atoms with van der Waals surface area (Å²) in [5, 5.41) is 3.30. The highest BCUT2D eigenvalue weighted by molar-refractivity contribution is 6.07. The average Bonchev–Trinajstić information content (AvgIpc) is 3.08. The van der Waals surface area contributed by atoms with Crippen molar-refractivity contribution in [2.75, 3.05) is 29.9 Å². The Hall–Kier alpha value is -3.17. The summed E-state index contributed by atoms with van der Waals surface area (Å²) in [5.41, 5.74) is 7.38. The number of benzene rings is 1. The van der Waals surface area contributed by atoms with Crippen LogP contribution in [0.4, 0.5) is 15.9 Å². The molecule has 5 rings (SSSR count). The van der Waals surface area contributed by atoms with Crippen LogP contribution in [-0.4, -0.2) is 52.7 Å². The van der Waals surface area contributed by atoms with E-state index in [0.29, 0.717) is 23.2 Å². The number of carbonyl (C=O) groups excluding carboxylic acids is 1. The zero-order valence-corrected chi connectivity index (χ0v) is 17.8. The largest absolute Gasteiger partial charge is 0.376 e. The van der Waals surface area contributed by atoms with Gasteiger partial charge in [0.2, 0.25) is 0 Å². The van der Waals surface area contributed by atoms with Crippen molar-refractivity contribution in [1.29, 1.82) is 0 Å². The van der Waals surface area contributed by atoms with E-state index in [2.05, 4.69) is 25.2 Å². The summed E-state index contributed by atoms with van der Waals surface area (Å²) in [6.45, 7) is 4.36. The molecule has 8 nitrogen and oxygen atoms in total. The quantitative estimate of drug-likeness (QED) is 0.650. The SMILES string of the molecule is C[C@H]1OCC2(CCN(c3cnc(C(=O)Nc4cc(F)cc5cccnc45)cn3)CC2)[C@H]1N. The number of fused-ring (bicyclic) bond motifs is 1. The van der Waals surface area contributed by atoms with Gasteiger partial charge in [0, 0.05) is 36.1 Å². The van der Waals surface area contributed by atoms with Gasteiger partial charge in [-0.1, -0.05) is 6.07 Å². The first-order chi connectivity index (χ1) is 15.4. The number of pyridine rings is 1. The average molecular weight is 436 g/mol. The van der Waals surface area contributed by atoms with E-state index < -0.39 is 11.7 Å². The number of piperidine rings is 1. The lowest BCUT2D eigenvalue weighted by Gasteiger charge is -2.41. The molecule has 1 amide bonds. The fourth-order valence-electron chi connectivity index (χ4n) is 4.69. The third-order valence-corrected chi connectivity index (χ3v) is 6.72. The Morgan fingerprint density at radius 3 is 2.75 bits per heavy atom. The number of hydrogen-bond acceptors (Lipinski definition) is 7. The molecule has 4 heterocycles. The normalized spacial score (nSPS) is 22.4. The summed E-state index contributed by atoms with van der Waals surface area (Å²) in [5.74, 6) is -0.205. The van der Waals surface area contributed by atoms with Crippen LogP contribution in [0.1, 0.15) is 30.3 Å². The number of hydrogen-bond donors (Lipinski definition) is 2. The van der Waals surface area contributed by atoms with Crippen molar-refractivity contribution < 1.29 is 13.9 Å². The number of anilines is 2. The van der Waals surface area contributed by atoms with Gasteiger partial charge >= 0.3 is 0 Å². The molecule has 9 heteroatoms. The lowest BCUT2D eigenvalue weighted by Crippen LogP contribution is -2.50. The van der Waals surface area contributed by atoms with Gasteiger partial charge in [-0.3, -0.25) is 9.78 Å². The van der Waals surface area contributed by atoms with Gasteiger partial charge in [-0.25, -0.2) is 14.4 Å². The Bertz CT molecular complexity index is 1150. The van der Waals surface area contributed by atoms with Gasteiger partial charge in [0.25, 0.3) is 5.91 Å². The van der Waals surface area contributed by atoms with E-state index in [0.717, 1.165) is 31.7 Å². The van der Waals surface area contributed by atoms with Crippen LogP contribution in [0.15, 0.2) is 42.9 Å². The van der Waals surface area contributed by atoms with Crippen molar-refractivity contribution in [2.45, 2.75) is 31.9 Å². The molecule has 3 N–H and O–H groups in total. The van der Waals surface area contributed by atoms with Crippen molar-refractivity contribution in [2.24, 2.45) is 11.1 Å². The molecule has 0 bridgehead atoms. The summed E-state index contributed by atoms with van der Waals surface area (Å²) in [7, 11) is 0. The van der Waals surface area contributed by atoms with Crippen molar-refractivity contribution in [3.63, 3.8) is 0 Å². The van der Waals surface area contributed by atoms with Gasteiger partial charge in [0.05, 0.1) is 36.3 Å². The Balaban J connectivity index is 1.27. The third kappa shape index (κ3) is 3.67. The van der Waals surface area contributed by atoms with E-state index in [4.69, 9.17) is 10.5 Å². The molecule has 2 atom stereocenters. The van der Waals surface area contributed by atoms with Gasteiger partial charge in [-0.15, -0.1) is 0 Å². The Kier molecular flexibility index (Phi) is 5.22. The van der Waals surface area contributed by atoms with Crippen molar-refractivity contribution in [3.8, 4) is 0 Å². The van der Waals surface area contributed by atoms with Crippen LogP contribution in [0.25, 0.3) is 10.9 Å². The Morgan fingerprint density at radius 2 is 2.06 bits per heavy atom. The molecule has 0 radical (unpaired) electrons. The van der Waals surface area contributed by atoms with E-state index in [9.17, 15) is 9.18 Å². The number of nitrogens with one attached hydrogen (secondary N) is 1. The summed E-state index contributed by atoms with van der Waals surface area (Å²) < 4.78 is 19.7. The smallest absolute Gasteiger partial charge is 0.275 e. The fraction of sp³-hybridized carbons (Fsp3) is 0.391. The first kappa shape index (κ1) is 20.7. The molecular formula is C23H25FN6O2. The molecule has 0 unspecified atom stereocenters. The second-order valence-corrected chi connectivity index (χ2v) is 8.63. The minimum Gasteiger partial charge on any atom is -0.376 e. The van der Waals surface area contributed by atoms with Crippen molar-refractivity contribution in [1.82, 2.24) is 15.0 Å². The summed E-state index contributed by atoms with van der Waals surface area (Å²) >= 11 is 0. The minimum absolute atomic E-state index is 0.0327. The van der Waals surface area contributed by atoms with Crippen LogP contribution in [0.3, 0.4) is 0 Å². The van der Waals surface area contributed by atoms with Crippen molar-refractivity contribution in [3.05, 3.63) is 54.4 Å². The van der Waals surface area contributed by atoms with Crippen molar-refractivity contribution >= 4 is 28.3 Å². The third-order valence-electron chi connectivity index (χ3n) is 6.72. The maximum absolute atomic E-state index is 13.9. The van der Waals surface area contributed by atoms with Gasteiger partial charge in [-0.2, -0.15) is 0 Å². The van der Waals surface area contributed by atoms with E-state index in [1.165, 1.54) is 18.3 Å². The number of nitrogens with two attached hydrogens (primary N) is 1. The second kappa shape index (κ2) is 8.07. The zero-order chi connectivity index (χ0) is 22.3. The number of amides is 1. The number of nitrogens with zero attached hydrogens (tertiary/aromatic N) is 4. The molecule has 32 heavy (non-hydrogen) atoms. The zero-order valence-electron chi connectivity index (χ0n) is 17.8. The van der Waals surface area contributed by atoms with E-state index >= 15 is 0 Å². The topological polar surface area (TPSA) is 106 Å². The van der Waals surface area contributed by atoms with Crippen LogP contribution < -0.4 is 16.0 Å². The number of rotatable bonds is 3. The van der Waals surface area contributed by atoms with Crippen LogP contribution in [0.2, 0.25) is 0 Å². The first-order valence-electron chi connectivity index (χ1n) is 10.7. The summed E-state index contributed by atoms with van der Waals surface area (Å²) in [6.07, 6.45) is 6.59. The number of aromatic nitrogens is 3. The first-order valence-corrected chi connectivity index (χ1v) is 10.7. The molecule has 2 fully saturated rings. The van der Waals surface area contributed by atoms with Gasteiger partial charge in [0.1, 0.15) is 17.3 Å². The molecular weight excluding hydrogens is 411 g/mol. The lowest BCUT2D eigenvalue weighted by atomic mass is 9.73. The Morgan fingerprint density at radius 1 is 1.25 bits per heavy atom. The van der Waals surface area contributed by atoms with E-state index in [-0.39, 0.29) is 23.3 Å². The van der Waals surface area contributed by atoms with Crippen LogP contribution in [0, 0.1) is 11.2 Å². The van der Waals surface area contributed by atoms with Gasteiger partial charge in [-0.05, 0) is 38.0 Å². The highest BCUT2D eigenvalue weighted by Gasteiger charge is 2.47. The highest BCUT2D eigenvalue weighted by atomic mass is 19.1. The molecule has 3 aromatic rings. The van der Waals surface area contributed by atoms with E-state index in [1.54, 1.807) is 24.5 Å². The second-order valence-electron chi connectivity index (χ2n) is 8.63. The minimum atomic E-state index is -0.470. The Labute approximate surface area is 185 Å². The van der Waals surface area contributed by atoms with Gasteiger partial charge < -0.3 is 20.7 Å². The molecule has 2 aromatic heterocycles. The lowest BCUT2D eigenvalue weighted by molar-refractivity contribution is 0.0973. The standard InChI is InChI=1S/C23H25FN6O2/c1-14-21(25)23(13-32-14)4-7-30(8-5-23)19-12-27-18(11-28-19)22(31)29-17-10-16(24)9-15-3-2-6-26-20(15)17/h2-3,6,9-12,14,21H,4-5,7-8,13,25H2,1H3,(H,29,31)/t14-,21+/m1/s1. The molecule has 1 spiro atoms. The summed E-state index contributed by atoms with van der Waals surface area (Å²) in [4.78, 5) is 27.8. The predicted octanol–water partition coefficient (Wildman–Crippen LogP) is 2.75. The highest BCUT2D eigenvalue weighted by Crippen LogP contribution is 2.41.